The predicted molar refractivity (Wildman–Crippen MR) is 77.5 cm³/mol. The second kappa shape index (κ2) is 6.35. The van der Waals surface area contributed by atoms with E-state index >= 15 is 0 Å². The van der Waals surface area contributed by atoms with Gasteiger partial charge in [-0.1, -0.05) is 37.5 Å². The number of hydrogen-bond donors (Lipinski definition) is 2. The Kier molecular flexibility index (Phi) is 4.76. The third-order valence-electron chi connectivity index (χ3n) is 4.40. The van der Waals surface area contributed by atoms with Crippen molar-refractivity contribution in [2.24, 2.45) is 11.1 Å². The number of benzene rings is 1. The van der Waals surface area contributed by atoms with Crippen molar-refractivity contribution in [2.45, 2.75) is 45.1 Å². The molecule has 1 amide bonds. The zero-order chi connectivity index (χ0) is 14.6. The fourth-order valence-electron chi connectivity index (χ4n) is 3.01. The number of nitrogens with one attached hydrogen (secondary N) is 1. The molecule has 0 aliphatic heterocycles. The van der Waals surface area contributed by atoms with Gasteiger partial charge in [0.25, 0.3) is 0 Å². The lowest BCUT2D eigenvalue weighted by atomic mass is 9.73. The van der Waals surface area contributed by atoms with Crippen LogP contribution in [0.4, 0.5) is 4.39 Å². The number of rotatable bonds is 4. The molecule has 1 aliphatic rings. The zero-order valence-corrected chi connectivity index (χ0v) is 12.0. The number of halogens is 1. The summed E-state index contributed by atoms with van der Waals surface area (Å²) < 4.78 is 13.7. The Bertz CT molecular complexity index is 469. The molecule has 1 aromatic carbocycles. The largest absolute Gasteiger partial charge is 0.349 e. The molecule has 110 valence electrons. The van der Waals surface area contributed by atoms with Crippen molar-refractivity contribution >= 4 is 5.91 Å². The fraction of sp³-hybridized carbons (Fsp3) is 0.562. The van der Waals surface area contributed by atoms with Crippen LogP contribution in [0.5, 0.6) is 0 Å². The van der Waals surface area contributed by atoms with Crippen molar-refractivity contribution in [2.75, 3.05) is 6.54 Å². The first-order chi connectivity index (χ1) is 9.59. The summed E-state index contributed by atoms with van der Waals surface area (Å²) in [4.78, 5) is 12.5. The SMILES string of the molecule is C[C@@H](NC(=O)C1(CN)CCCCC1)c1ccccc1F. The summed E-state index contributed by atoms with van der Waals surface area (Å²) >= 11 is 0. The molecule has 0 unspecified atom stereocenters. The van der Waals surface area contributed by atoms with E-state index in [1.807, 2.05) is 6.92 Å². The molecule has 1 atom stereocenters. The third-order valence-corrected chi connectivity index (χ3v) is 4.40. The number of amides is 1. The van der Waals surface area contributed by atoms with Gasteiger partial charge >= 0.3 is 0 Å². The molecule has 3 nitrogen and oxygen atoms in total. The molecule has 1 saturated carbocycles. The molecule has 0 saturated heterocycles. The summed E-state index contributed by atoms with van der Waals surface area (Å²) in [6.45, 7) is 2.17. The summed E-state index contributed by atoms with van der Waals surface area (Å²) in [5.74, 6) is -0.318. The van der Waals surface area contributed by atoms with Crippen molar-refractivity contribution in [1.29, 1.82) is 0 Å². The quantitative estimate of drug-likeness (QED) is 0.889. The van der Waals surface area contributed by atoms with Gasteiger partial charge in [-0.2, -0.15) is 0 Å². The standard InChI is InChI=1S/C16H23FN2O/c1-12(13-7-3-4-8-14(13)17)19-15(20)16(11-18)9-5-2-6-10-16/h3-4,7-8,12H,2,5-6,9-11,18H2,1H3,(H,19,20)/t12-/m1/s1. The topological polar surface area (TPSA) is 55.1 Å². The average Bonchev–Trinajstić information content (AvgIpc) is 2.48. The van der Waals surface area contributed by atoms with Crippen LogP contribution in [0.25, 0.3) is 0 Å². The summed E-state index contributed by atoms with van der Waals surface area (Å²) in [6, 6.07) is 6.21. The van der Waals surface area contributed by atoms with Gasteiger partial charge in [0.1, 0.15) is 5.82 Å². The van der Waals surface area contributed by atoms with Crippen molar-refractivity contribution in [1.82, 2.24) is 5.32 Å². The van der Waals surface area contributed by atoms with E-state index in [-0.39, 0.29) is 17.8 Å². The Morgan fingerprint density at radius 3 is 2.60 bits per heavy atom. The minimum Gasteiger partial charge on any atom is -0.349 e. The first-order valence-electron chi connectivity index (χ1n) is 7.34. The van der Waals surface area contributed by atoms with Gasteiger partial charge in [-0.15, -0.1) is 0 Å². The van der Waals surface area contributed by atoms with Crippen LogP contribution in [0.3, 0.4) is 0 Å². The van der Waals surface area contributed by atoms with Crippen LogP contribution in [0, 0.1) is 11.2 Å². The monoisotopic (exact) mass is 278 g/mol. The van der Waals surface area contributed by atoms with Crippen LogP contribution < -0.4 is 11.1 Å². The first-order valence-corrected chi connectivity index (χ1v) is 7.34. The molecule has 4 heteroatoms. The fourth-order valence-corrected chi connectivity index (χ4v) is 3.01. The van der Waals surface area contributed by atoms with E-state index in [1.165, 1.54) is 6.07 Å². The van der Waals surface area contributed by atoms with Crippen LogP contribution in [0.1, 0.15) is 50.6 Å². The average molecular weight is 278 g/mol. The van der Waals surface area contributed by atoms with E-state index in [1.54, 1.807) is 18.2 Å². The lowest BCUT2D eigenvalue weighted by Gasteiger charge is -2.35. The van der Waals surface area contributed by atoms with Gasteiger partial charge in [0, 0.05) is 12.1 Å². The molecule has 0 spiro atoms. The van der Waals surface area contributed by atoms with Gasteiger partial charge in [-0.25, -0.2) is 4.39 Å². The number of hydrogen-bond acceptors (Lipinski definition) is 2. The molecule has 1 fully saturated rings. The van der Waals surface area contributed by atoms with E-state index < -0.39 is 5.41 Å². The number of carbonyl (C=O) groups is 1. The van der Waals surface area contributed by atoms with Crippen LogP contribution in [0.15, 0.2) is 24.3 Å². The maximum absolute atomic E-state index is 13.7. The second-order valence-electron chi connectivity index (χ2n) is 5.76. The molecule has 2 rings (SSSR count). The predicted octanol–water partition coefficient (Wildman–Crippen LogP) is 2.91. The minimum absolute atomic E-state index is 0.0320. The molecule has 0 heterocycles. The Morgan fingerprint density at radius 2 is 2.00 bits per heavy atom. The summed E-state index contributed by atoms with van der Waals surface area (Å²) in [6.07, 6.45) is 4.91. The van der Waals surface area contributed by atoms with Crippen molar-refractivity contribution in [3.05, 3.63) is 35.6 Å². The van der Waals surface area contributed by atoms with Crippen molar-refractivity contribution in [3.8, 4) is 0 Å². The lowest BCUT2D eigenvalue weighted by molar-refractivity contribution is -0.133. The molecular weight excluding hydrogens is 255 g/mol. The summed E-state index contributed by atoms with van der Waals surface area (Å²) in [5, 5.41) is 2.94. The van der Waals surface area contributed by atoms with Gasteiger partial charge in [-0.05, 0) is 25.8 Å². The lowest BCUT2D eigenvalue weighted by Crippen LogP contribution is -2.47. The third kappa shape index (κ3) is 3.01. The maximum Gasteiger partial charge on any atom is 0.227 e. The van der Waals surface area contributed by atoms with E-state index in [9.17, 15) is 9.18 Å². The van der Waals surface area contributed by atoms with Gasteiger partial charge in [0.2, 0.25) is 5.91 Å². The normalized spacial score (nSPS) is 19.4. The molecule has 1 aromatic rings. The van der Waals surface area contributed by atoms with Crippen molar-refractivity contribution < 1.29 is 9.18 Å². The van der Waals surface area contributed by atoms with E-state index in [0.29, 0.717) is 12.1 Å². The van der Waals surface area contributed by atoms with E-state index in [0.717, 1.165) is 32.1 Å². The zero-order valence-electron chi connectivity index (χ0n) is 12.0. The van der Waals surface area contributed by atoms with Crippen LogP contribution >= 0.6 is 0 Å². The molecule has 0 radical (unpaired) electrons. The molecule has 20 heavy (non-hydrogen) atoms. The molecular formula is C16H23FN2O. The van der Waals surface area contributed by atoms with Gasteiger partial charge in [0.15, 0.2) is 0 Å². The van der Waals surface area contributed by atoms with E-state index in [4.69, 9.17) is 5.73 Å². The Labute approximate surface area is 119 Å². The first kappa shape index (κ1) is 15.0. The smallest absolute Gasteiger partial charge is 0.227 e. The minimum atomic E-state index is -0.461. The highest BCUT2D eigenvalue weighted by atomic mass is 19.1. The Balaban J connectivity index is 2.08. The maximum atomic E-state index is 13.7. The highest BCUT2D eigenvalue weighted by molar-refractivity contribution is 5.83. The molecule has 0 bridgehead atoms. The highest BCUT2D eigenvalue weighted by Crippen LogP contribution is 2.36. The van der Waals surface area contributed by atoms with Gasteiger partial charge in [0.05, 0.1) is 11.5 Å². The summed E-state index contributed by atoms with van der Waals surface area (Å²) in [7, 11) is 0. The van der Waals surface area contributed by atoms with Crippen LogP contribution in [-0.4, -0.2) is 12.5 Å². The molecule has 1 aliphatic carbocycles. The van der Waals surface area contributed by atoms with E-state index in [2.05, 4.69) is 5.32 Å². The number of carbonyl (C=O) groups excluding carboxylic acids is 1. The molecule has 3 N–H and O–H groups in total. The second-order valence-corrected chi connectivity index (χ2v) is 5.76. The van der Waals surface area contributed by atoms with Crippen LogP contribution in [-0.2, 0) is 4.79 Å². The van der Waals surface area contributed by atoms with Crippen molar-refractivity contribution in [3.63, 3.8) is 0 Å². The van der Waals surface area contributed by atoms with Crippen LogP contribution in [0.2, 0.25) is 0 Å². The molecule has 0 aromatic heterocycles. The Hall–Kier alpha value is -1.42. The summed E-state index contributed by atoms with van der Waals surface area (Å²) in [5.41, 5.74) is 5.91. The van der Waals surface area contributed by atoms with Gasteiger partial charge < -0.3 is 11.1 Å². The Morgan fingerprint density at radius 1 is 1.35 bits per heavy atom. The number of nitrogens with two attached hydrogens (primary N) is 1. The highest BCUT2D eigenvalue weighted by Gasteiger charge is 2.38. The van der Waals surface area contributed by atoms with Gasteiger partial charge in [-0.3, -0.25) is 4.79 Å².